The molecule has 2 aliphatic carbocycles. The Morgan fingerprint density at radius 2 is 2.08 bits per heavy atom. The van der Waals surface area contributed by atoms with Crippen LogP contribution in [0.1, 0.15) is 56.7 Å². The number of nitrogens with zero attached hydrogens (tertiary/aromatic N) is 4. The summed E-state index contributed by atoms with van der Waals surface area (Å²) in [5.74, 6) is 1.74. The molecule has 4 rings (SSSR count). The van der Waals surface area contributed by atoms with Crippen LogP contribution < -0.4 is 15.8 Å². The quantitative estimate of drug-likeness (QED) is 0.850. The average molecular weight is 356 g/mol. The van der Waals surface area contributed by atoms with Gasteiger partial charge in [-0.3, -0.25) is 4.79 Å². The molecule has 0 spiro atoms. The minimum atomic E-state index is -0.785. The van der Waals surface area contributed by atoms with E-state index in [1.807, 2.05) is 18.2 Å². The summed E-state index contributed by atoms with van der Waals surface area (Å²) in [6.45, 7) is 0. The number of carbonyl (C=O) groups excluding carboxylic acids is 1. The molecule has 0 saturated heterocycles. The molecule has 0 atom stereocenters. The lowest BCUT2D eigenvalue weighted by atomic mass is 9.82. The predicted molar refractivity (Wildman–Crippen MR) is 96.3 cm³/mol. The highest BCUT2D eigenvalue weighted by Gasteiger charge is 2.35. The van der Waals surface area contributed by atoms with Gasteiger partial charge in [-0.15, -0.1) is 5.10 Å². The van der Waals surface area contributed by atoms with Crippen LogP contribution in [0.4, 0.5) is 5.69 Å². The average Bonchev–Trinajstić information content (AvgIpc) is 3.39. The molecule has 8 nitrogen and oxygen atoms in total. The number of hydrogen-bond donors (Lipinski definition) is 2. The van der Waals surface area contributed by atoms with Gasteiger partial charge in [0, 0.05) is 11.6 Å². The number of methoxy groups -OCH3 is 1. The fourth-order valence-corrected chi connectivity index (χ4v) is 3.56. The van der Waals surface area contributed by atoms with Gasteiger partial charge in [0.25, 0.3) is 0 Å². The second kappa shape index (κ2) is 6.68. The molecule has 26 heavy (non-hydrogen) atoms. The lowest BCUT2D eigenvalue weighted by molar-refractivity contribution is -0.122. The van der Waals surface area contributed by atoms with Crippen molar-refractivity contribution in [1.29, 1.82) is 0 Å². The summed E-state index contributed by atoms with van der Waals surface area (Å²) in [6, 6.07) is 5.46. The second-order valence-corrected chi connectivity index (χ2v) is 7.28. The number of nitrogens with one attached hydrogen (secondary N) is 1. The summed E-state index contributed by atoms with van der Waals surface area (Å²) in [6.07, 6.45) is 6.76. The van der Waals surface area contributed by atoms with Crippen molar-refractivity contribution in [3.05, 3.63) is 24.0 Å². The van der Waals surface area contributed by atoms with E-state index in [1.165, 1.54) is 0 Å². The largest absolute Gasteiger partial charge is 0.494 e. The van der Waals surface area contributed by atoms with E-state index in [-0.39, 0.29) is 5.91 Å². The number of carbonyl (C=O) groups is 1. The lowest BCUT2D eigenvalue weighted by Crippen LogP contribution is -2.52. The van der Waals surface area contributed by atoms with Gasteiger partial charge in [-0.25, -0.2) is 0 Å². The summed E-state index contributed by atoms with van der Waals surface area (Å²) >= 11 is 0. The van der Waals surface area contributed by atoms with E-state index in [4.69, 9.17) is 10.5 Å². The molecule has 1 heterocycles. The molecule has 0 radical (unpaired) electrons. The van der Waals surface area contributed by atoms with Crippen LogP contribution in [0.25, 0.3) is 5.69 Å². The predicted octanol–water partition coefficient (Wildman–Crippen LogP) is 2.15. The summed E-state index contributed by atoms with van der Waals surface area (Å²) in [4.78, 5) is 12.7. The van der Waals surface area contributed by atoms with E-state index in [9.17, 15) is 4.79 Å². The Kier molecular flexibility index (Phi) is 4.36. The van der Waals surface area contributed by atoms with Gasteiger partial charge in [0.05, 0.1) is 12.6 Å². The van der Waals surface area contributed by atoms with Crippen LogP contribution in [0.3, 0.4) is 0 Å². The molecule has 2 fully saturated rings. The third-order valence-corrected chi connectivity index (χ3v) is 5.30. The van der Waals surface area contributed by atoms with Crippen LogP contribution in [0.2, 0.25) is 0 Å². The Morgan fingerprint density at radius 1 is 1.31 bits per heavy atom. The number of aromatic nitrogens is 4. The zero-order valence-corrected chi connectivity index (χ0v) is 14.9. The molecule has 2 aliphatic rings. The molecule has 0 aliphatic heterocycles. The van der Waals surface area contributed by atoms with Gasteiger partial charge < -0.3 is 15.8 Å². The molecule has 138 valence electrons. The maximum atomic E-state index is 12.7. The fraction of sp³-hybridized carbons (Fsp3) is 0.556. The first-order valence-electron chi connectivity index (χ1n) is 9.18. The number of tetrazole rings is 1. The first kappa shape index (κ1) is 17.0. The number of anilines is 1. The van der Waals surface area contributed by atoms with Gasteiger partial charge in [-0.2, -0.15) is 4.68 Å². The van der Waals surface area contributed by atoms with Gasteiger partial charge >= 0.3 is 0 Å². The molecule has 1 aromatic heterocycles. The van der Waals surface area contributed by atoms with Crippen molar-refractivity contribution in [2.75, 3.05) is 12.4 Å². The molecule has 1 amide bonds. The number of benzene rings is 1. The number of hydrogen-bond acceptors (Lipinski definition) is 6. The minimum Gasteiger partial charge on any atom is -0.494 e. The number of rotatable bonds is 5. The van der Waals surface area contributed by atoms with Crippen molar-refractivity contribution in [2.45, 2.75) is 56.4 Å². The van der Waals surface area contributed by atoms with Gasteiger partial charge in [0.1, 0.15) is 11.4 Å². The molecule has 0 unspecified atom stereocenters. The smallest absolute Gasteiger partial charge is 0.244 e. The Bertz CT molecular complexity index is 808. The zero-order chi connectivity index (χ0) is 18.1. The third kappa shape index (κ3) is 3.16. The number of ether oxygens (including phenoxy) is 1. The molecule has 3 N–H and O–H groups in total. The van der Waals surface area contributed by atoms with Gasteiger partial charge in [-0.05, 0) is 54.3 Å². The van der Waals surface area contributed by atoms with Gasteiger partial charge in [-0.1, -0.05) is 19.3 Å². The monoisotopic (exact) mass is 356 g/mol. The molecule has 2 aromatic rings. The fourth-order valence-electron chi connectivity index (χ4n) is 3.56. The Hall–Kier alpha value is -2.48. The highest BCUT2D eigenvalue weighted by Crippen LogP contribution is 2.40. The van der Waals surface area contributed by atoms with Crippen molar-refractivity contribution in [1.82, 2.24) is 20.2 Å². The summed E-state index contributed by atoms with van der Waals surface area (Å²) in [5, 5.41) is 15.0. The van der Waals surface area contributed by atoms with Gasteiger partial charge in [0.2, 0.25) is 5.91 Å². The van der Waals surface area contributed by atoms with Crippen LogP contribution in [-0.2, 0) is 4.79 Å². The summed E-state index contributed by atoms with van der Waals surface area (Å²) in [5.41, 5.74) is 6.93. The summed E-state index contributed by atoms with van der Waals surface area (Å²) in [7, 11) is 1.61. The standard InChI is InChI=1S/C18H24N6O2/c1-26-15-8-7-13(20-17(25)18(19)9-3-2-4-10-18)11-14(15)24-16(12-5-6-12)21-22-23-24/h7-8,11-12H,2-6,9-10,19H2,1H3,(H,20,25). The van der Waals surface area contributed by atoms with Crippen LogP contribution in [0.15, 0.2) is 18.2 Å². The summed E-state index contributed by atoms with van der Waals surface area (Å²) < 4.78 is 7.17. The highest BCUT2D eigenvalue weighted by molar-refractivity contribution is 5.98. The first-order valence-corrected chi connectivity index (χ1v) is 9.18. The van der Waals surface area contributed by atoms with Gasteiger partial charge in [0.15, 0.2) is 5.82 Å². The third-order valence-electron chi connectivity index (χ3n) is 5.30. The molecular weight excluding hydrogens is 332 g/mol. The maximum absolute atomic E-state index is 12.7. The first-order chi connectivity index (χ1) is 12.6. The number of nitrogens with two attached hydrogens (primary N) is 1. The Balaban J connectivity index is 1.62. The van der Waals surface area contributed by atoms with Crippen molar-refractivity contribution >= 4 is 11.6 Å². The van der Waals surface area contributed by atoms with Crippen molar-refractivity contribution < 1.29 is 9.53 Å². The van der Waals surface area contributed by atoms with E-state index in [0.29, 0.717) is 23.0 Å². The Labute approximate surface area is 152 Å². The maximum Gasteiger partial charge on any atom is 0.244 e. The molecule has 0 bridgehead atoms. The number of amides is 1. The minimum absolute atomic E-state index is 0.132. The van der Waals surface area contributed by atoms with E-state index >= 15 is 0 Å². The molecular formula is C18H24N6O2. The van der Waals surface area contributed by atoms with Crippen molar-refractivity contribution in [3.8, 4) is 11.4 Å². The Morgan fingerprint density at radius 3 is 2.77 bits per heavy atom. The van der Waals surface area contributed by atoms with Crippen LogP contribution >= 0.6 is 0 Å². The van der Waals surface area contributed by atoms with E-state index in [0.717, 1.165) is 50.8 Å². The molecule has 8 heteroatoms. The molecule has 1 aromatic carbocycles. The van der Waals surface area contributed by atoms with E-state index in [2.05, 4.69) is 20.8 Å². The normalized spacial score (nSPS) is 19.2. The van der Waals surface area contributed by atoms with E-state index < -0.39 is 5.54 Å². The van der Waals surface area contributed by atoms with Crippen molar-refractivity contribution in [3.63, 3.8) is 0 Å². The molecule has 2 saturated carbocycles. The zero-order valence-electron chi connectivity index (χ0n) is 14.9. The topological polar surface area (TPSA) is 108 Å². The van der Waals surface area contributed by atoms with Crippen LogP contribution in [0.5, 0.6) is 5.75 Å². The second-order valence-electron chi connectivity index (χ2n) is 7.28. The van der Waals surface area contributed by atoms with Crippen LogP contribution in [0, 0.1) is 0 Å². The SMILES string of the molecule is COc1ccc(NC(=O)C2(N)CCCCC2)cc1-n1nnnc1C1CC1. The van der Waals surface area contributed by atoms with E-state index in [1.54, 1.807) is 11.8 Å². The van der Waals surface area contributed by atoms with Crippen molar-refractivity contribution in [2.24, 2.45) is 5.73 Å². The highest BCUT2D eigenvalue weighted by atomic mass is 16.5. The lowest BCUT2D eigenvalue weighted by Gasteiger charge is -2.31. The van der Waals surface area contributed by atoms with Crippen LogP contribution in [-0.4, -0.2) is 38.8 Å².